The number of fused-ring (bicyclic) bond motifs is 1. The second-order valence-electron chi connectivity index (χ2n) is 2.49. The van der Waals surface area contributed by atoms with Crippen molar-refractivity contribution in [2.24, 2.45) is 14.6 Å². The third kappa shape index (κ3) is 1.09. The average molecular weight is 184 g/mol. The van der Waals surface area contributed by atoms with E-state index in [9.17, 15) is 0 Å². The lowest BCUT2D eigenvalue weighted by molar-refractivity contribution is -0.0828. The van der Waals surface area contributed by atoms with Gasteiger partial charge in [0, 0.05) is 16.4 Å². The van der Waals surface area contributed by atoms with E-state index in [2.05, 4.69) is 14.6 Å². The van der Waals surface area contributed by atoms with E-state index in [1.807, 2.05) is 19.9 Å². The van der Waals surface area contributed by atoms with Crippen LogP contribution in [0.25, 0.3) is 0 Å². The average Bonchev–Trinajstić information content (AvgIpc) is 2.29. The first kappa shape index (κ1) is 7.63. The van der Waals surface area contributed by atoms with Crippen LogP contribution in [0, 0.1) is 0 Å². The Morgan fingerprint density at radius 2 is 2.25 bits per heavy atom. The summed E-state index contributed by atoms with van der Waals surface area (Å²) >= 11 is 0. The molecule has 2 rings (SSSR count). The Morgan fingerprint density at radius 1 is 1.50 bits per heavy atom. The summed E-state index contributed by atoms with van der Waals surface area (Å²) in [5.74, 6) is 0. The highest BCUT2D eigenvalue weighted by Crippen LogP contribution is 2.16. The van der Waals surface area contributed by atoms with Gasteiger partial charge in [-0.15, -0.1) is 5.10 Å². The summed E-state index contributed by atoms with van der Waals surface area (Å²) in [7, 11) is -0.456. The fourth-order valence-corrected chi connectivity index (χ4v) is 2.41. The molecule has 2 aliphatic rings. The number of allylic oxidation sites excluding steroid dienone is 1. The van der Waals surface area contributed by atoms with Gasteiger partial charge in [-0.3, -0.25) is 10.2 Å². The third-order valence-corrected chi connectivity index (χ3v) is 3.04. The van der Waals surface area contributed by atoms with E-state index in [4.69, 9.17) is 5.21 Å². The van der Waals surface area contributed by atoms with Crippen molar-refractivity contribution < 1.29 is 5.21 Å². The Labute approximate surface area is 72.1 Å². The lowest BCUT2D eigenvalue weighted by Gasteiger charge is -2.06. The van der Waals surface area contributed by atoms with Crippen LogP contribution in [0.4, 0.5) is 0 Å². The van der Waals surface area contributed by atoms with Crippen LogP contribution in [0.15, 0.2) is 26.3 Å². The van der Waals surface area contributed by atoms with Gasteiger partial charge >= 0.3 is 0 Å². The topological polar surface area (TPSA) is 60.5 Å². The number of hydrogen-bond donors (Lipinski definition) is 1. The normalized spacial score (nSPS) is 27.1. The molecule has 0 aromatic heterocycles. The smallest absolute Gasteiger partial charge is 0.141 e. The molecule has 0 bridgehead atoms. The highest BCUT2D eigenvalue weighted by molar-refractivity contribution is 8.16. The number of hydrazone groups is 1. The third-order valence-electron chi connectivity index (χ3n) is 1.49. The van der Waals surface area contributed by atoms with Gasteiger partial charge in [0.15, 0.2) is 0 Å². The van der Waals surface area contributed by atoms with E-state index in [1.165, 1.54) is 0 Å². The fraction of sp³-hybridized carbons (Fsp3) is 0.333. The minimum atomic E-state index is -0.456. The van der Waals surface area contributed by atoms with E-state index in [1.54, 1.807) is 0 Å². The molecular formula is C6H8N4OS. The molecule has 1 atom stereocenters. The summed E-state index contributed by atoms with van der Waals surface area (Å²) in [6.07, 6.45) is 1.83. The SMILES string of the molecule is CC1=CC2=NN(O)N=S2C(C)=N1. The second-order valence-corrected chi connectivity index (χ2v) is 4.23. The van der Waals surface area contributed by atoms with E-state index in [0.717, 1.165) is 15.8 Å². The van der Waals surface area contributed by atoms with Crippen LogP contribution >= 0.6 is 0 Å². The zero-order valence-corrected chi connectivity index (χ0v) is 7.54. The summed E-state index contributed by atoms with van der Waals surface area (Å²) in [5, 5.41) is 15.1. The van der Waals surface area contributed by atoms with Crippen molar-refractivity contribution in [2.75, 3.05) is 0 Å². The summed E-state index contributed by atoms with van der Waals surface area (Å²) in [4.78, 5) is 4.24. The quantitative estimate of drug-likeness (QED) is 0.611. The molecule has 0 spiro atoms. The number of aliphatic imine (C=N–C) groups is 1. The van der Waals surface area contributed by atoms with E-state index < -0.39 is 10.7 Å². The molecule has 0 aromatic carbocycles. The largest absolute Gasteiger partial charge is 0.250 e. The van der Waals surface area contributed by atoms with Gasteiger partial charge in [0.1, 0.15) is 5.04 Å². The van der Waals surface area contributed by atoms with Crippen molar-refractivity contribution in [3.05, 3.63) is 11.8 Å². The number of nitrogens with zero attached hydrogens (tertiary/aromatic N) is 4. The zero-order chi connectivity index (χ0) is 8.72. The first-order valence-electron chi connectivity index (χ1n) is 3.44. The van der Waals surface area contributed by atoms with Crippen molar-refractivity contribution >= 4 is 20.8 Å². The standard InChI is InChI=1S/C6H8N4OS/c1-4-3-6-8-10(11)9-12(6)5(2)7-4/h3,11H,1-2H3. The fourth-order valence-electron chi connectivity index (χ4n) is 1.06. The molecule has 64 valence electrons. The number of rotatable bonds is 0. The van der Waals surface area contributed by atoms with E-state index in [-0.39, 0.29) is 0 Å². The van der Waals surface area contributed by atoms with Crippen molar-refractivity contribution in [3.8, 4) is 0 Å². The maximum Gasteiger partial charge on any atom is 0.141 e. The maximum atomic E-state index is 8.97. The van der Waals surface area contributed by atoms with Crippen LogP contribution in [0.3, 0.4) is 0 Å². The Hall–Kier alpha value is -1.01. The summed E-state index contributed by atoms with van der Waals surface area (Å²) in [5.41, 5.74) is 0.903. The predicted octanol–water partition coefficient (Wildman–Crippen LogP) is 1.06. The first-order valence-corrected chi connectivity index (χ1v) is 4.62. The van der Waals surface area contributed by atoms with Crippen molar-refractivity contribution in [2.45, 2.75) is 13.8 Å². The summed E-state index contributed by atoms with van der Waals surface area (Å²) < 4.78 is 3.86. The molecule has 0 aliphatic carbocycles. The van der Waals surface area contributed by atoms with E-state index >= 15 is 0 Å². The van der Waals surface area contributed by atoms with Gasteiger partial charge in [-0.2, -0.15) is 0 Å². The molecule has 1 unspecified atom stereocenters. The Balaban J connectivity index is 2.51. The monoisotopic (exact) mass is 184 g/mol. The highest BCUT2D eigenvalue weighted by atomic mass is 32.2. The molecule has 5 nitrogen and oxygen atoms in total. The Kier molecular flexibility index (Phi) is 1.59. The molecule has 12 heavy (non-hydrogen) atoms. The predicted molar refractivity (Wildman–Crippen MR) is 47.7 cm³/mol. The van der Waals surface area contributed by atoms with Crippen LogP contribution in [0.2, 0.25) is 0 Å². The van der Waals surface area contributed by atoms with Crippen molar-refractivity contribution in [3.63, 3.8) is 0 Å². The molecule has 0 saturated heterocycles. The molecule has 0 saturated carbocycles. The minimum Gasteiger partial charge on any atom is -0.250 e. The summed E-state index contributed by atoms with van der Waals surface area (Å²) in [6, 6.07) is 0. The van der Waals surface area contributed by atoms with Crippen LogP contribution in [0.1, 0.15) is 13.8 Å². The molecule has 0 aromatic rings. The molecule has 0 fully saturated rings. The van der Waals surface area contributed by atoms with Crippen molar-refractivity contribution in [1.29, 1.82) is 0 Å². The molecule has 2 heterocycles. The van der Waals surface area contributed by atoms with Crippen molar-refractivity contribution in [1.82, 2.24) is 5.28 Å². The zero-order valence-electron chi connectivity index (χ0n) is 6.72. The maximum absolute atomic E-state index is 8.97. The Bertz CT molecular complexity index is 355. The van der Waals surface area contributed by atoms with Gasteiger partial charge in [-0.05, 0) is 25.2 Å². The van der Waals surface area contributed by atoms with Gasteiger partial charge in [0.05, 0.1) is 5.04 Å². The first-order chi connectivity index (χ1) is 5.66. The van der Waals surface area contributed by atoms with Crippen LogP contribution in [0.5, 0.6) is 0 Å². The minimum absolute atomic E-state index is 0.456. The highest BCUT2D eigenvalue weighted by Gasteiger charge is 2.21. The molecule has 0 radical (unpaired) electrons. The number of hydrogen-bond acceptors (Lipinski definition) is 5. The van der Waals surface area contributed by atoms with Gasteiger partial charge in [-0.25, -0.2) is 0 Å². The molecule has 6 heteroatoms. The molecule has 1 N–H and O–H groups in total. The van der Waals surface area contributed by atoms with Gasteiger partial charge in [-0.1, -0.05) is 4.47 Å². The molecule has 2 aliphatic heterocycles. The lowest BCUT2D eigenvalue weighted by atomic mass is 10.4. The Morgan fingerprint density at radius 3 is 3.00 bits per heavy atom. The van der Waals surface area contributed by atoms with Gasteiger partial charge in [0.2, 0.25) is 0 Å². The second kappa shape index (κ2) is 2.49. The van der Waals surface area contributed by atoms with Crippen LogP contribution in [-0.2, 0) is 10.7 Å². The molecule has 0 amide bonds. The molecular weight excluding hydrogens is 176 g/mol. The van der Waals surface area contributed by atoms with Gasteiger partial charge < -0.3 is 0 Å². The van der Waals surface area contributed by atoms with Crippen LogP contribution < -0.4 is 0 Å². The van der Waals surface area contributed by atoms with Crippen LogP contribution in [-0.4, -0.2) is 20.6 Å². The lowest BCUT2D eigenvalue weighted by Crippen LogP contribution is -2.13. The summed E-state index contributed by atoms with van der Waals surface area (Å²) in [6.45, 7) is 3.78. The van der Waals surface area contributed by atoms with Gasteiger partial charge in [0.25, 0.3) is 0 Å². The van der Waals surface area contributed by atoms with E-state index in [0.29, 0.717) is 5.28 Å².